The lowest BCUT2D eigenvalue weighted by atomic mass is 9.98. The van der Waals surface area contributed by atoms with E-state index in [0.717, 1.165) is 109 Å². The van der Waals surface area contributed by atoms with Gasteiger partial charge in [0.05, 0.1) is 40.7 Å². The Balaban J connectivity index is 0.000000890. The maximum atomic E-state index is 13.1. The van der Waals surface area contributed by atoms with E-state index in [4.69, 9.17) is 42.5 Å². The van der Waals surface area contributed by atoms with Gasteiger partial charge in [-0.15, -0.1) is 0 Å². The van der Waals surface area contributed by atoms with Crippen molar-refractivity contribution < 1.29 is 19.0 Å². The predicted octanol–water partition coefficient (Wildman–Crippen LogP) is 11.3. The molecule has 64 heavy (non-hydrogen) atoms. The van der Waals surface area contributed by atoms with Gasteiger partial charge in [0.15, 0.2) is 5.82 Å². The number of aryl methyl sites for hydroxylation is 6. The van der Waals surface area contributed by atoms with Crippen LogP contribution in [-0.2, 0) is 47.9 Å². The first kappa shape index (κ1) is 49.9. The molecule has 12 nitrogen and oxygen atoms in total. The Bertz CT molecular complexity index is 2650. The van der Waals surface area contributed by atoms with Crippen LogP contribution in [0.5, 0.6) is 5.75 Å². The summed E-state index contributed by atoms with van der Waals surface area (Å²) in [4.78, 5) is 19.4. The summed E-state index contributed by atoms with van der Waals surface area (Å²) in [6.07, 6.45) is 6.24. The second-order valence-corrected chi connectivity index (χ2v) is 17.1. The molecule has 4 aromatic heterocycles. The highest BCUT2D eigenvalue weighted by Crippen LogP contribution is 2.42. The molecule has 14 heteroatoms. The van der Waals surface area contributed by atoms with Crippen LogP contribution in [0.2, 0.25) is 10.0 Å². The van der Waals surface area contributed by atoms with Gasteiger partial charge in [-0.05, 0) is 106 Å². The fourth-order valence-electron chi connectivity index (χ4n) is 8.28. The van der Waals surface area contributed by atoms with Gasteiger partial charge in [-0.1, -0.05) is 57.0 Å². The molecule has 0 spiro atoms. The van der Waals surface area contributed by atoms with Crippen LogP contribution >= 0.6 is 23.2 Å². The quantitative estimate of drug-likeness (QED) is 0.0661. The smallest absolute Gasteiger partial charge is 0.214 e. The van der Waals surface area contributed by atoms with E-state index >= 15 is 0 Å². The number of nitrogens with zero attached hydrogens (tertiary/aromatic N) is 8. The van der Waals surface area contributed by atoms with Crippen LogP contribution in [0.25, 0.3) is 44.3 Å². The van der Waals surface area contributed by atoms with Gasteiger partial charge in [-0.2, -0.15) is 10.2 Å². The first-order chi connectivity index (χ1) is 30.7. The summed E-state index contributed by atoms with van der Waals surface area (Å²) < 4.78 is 24.5. The third kappa shape index (κ3) is 11.0. The van der Waals surface area contributed by atoms with E-state index in [0.29, 0.717) is 49.6 Å². The molecular formula is C50H66Cl2N8O4. The molecule has 0 saturated carbocycles. The Morgan fingerprint density at radius 1 is 0.844 bits per heavy atom. The maximum Gasteiger partial charge on any atom is 0.214 e. The standard InChI is InChI=1S/C43H48Cl2N8O3.C5H12O.C2H6/c1-26-20-32(21-27(2)41(26)45)56-18-9-10-33-29(4)53(42-34(33)12-13-36(44)40(42)39-28(3)47-50(7)30(39)5)16-15-52(25-54)38-23-51(17-19-55-8)37-14-11-31(22-35(37)38)43-46-24-49(6)48-43;1-5(2)4-6-3;1-2/h11-14,20-25H,9-10,15-19H2,1-8H3;5H,4H2,1-3H3;1-2H3. The van der Waals surface area contributed by atoms with Crippen LogP contribution in [0, 0.1) is 40.5 Å². The third-order valence-corrected chi connectivity index (χ3v) is 12.2. The summed E-state index contributed by atoms with van der Waals surface area (Å²) in [5.41, 5.74) is 12.0. The highest BCUT2D eigenvalue weighted by atomic mass is 35.5. The lowest BCUT2D eigenvalue weighted by molar-refractivity contribution is -0.107. The van der Waals surface area contributed by atoms with Crippen molar-refractivity contribution in [3.63, 3.8) is 0 Å². The molecule has 0 atom stereocenters. The maximum absolute atomic E-state index is 13.1. The molecule has 1 amide bonds. The van der Waals surface area contributed by atoms with E-state index in [1.165, 1.54) is 5.56 Å². The number of rotatable bonds is 17. The Morgan fingerprint density at radius 2 is 1.56 bits per heavy atom. The first-order valence-corrected chi connectivity index (χ1v) is 22.8. The van der Waals surface area contributed by atoms with E-state index in [9.17, 15) is 4.79 Å². The van der Waals surface area contributed by atoms with Gasteiger partial charge in [0, 0.05) is 105 Å². The summed E-state index contributed by atoms with van der Waals surface area (Å²) in [5.74, 6) is 2.12. The van der Waals surface area contributed by atoms with Gasteiger partial charge in [-0.3, -0.25) is 14.2 Å². The van der Waals surface area contributed by atoms with Gasteiger partial charge in [0.25, 0.3) is 0 Å². The molecule has 0 fully saturated rings. The summed E-state index contributed by atoms with van der Waals surface area (Å²) >= 11 is 13.6. The van der Waals surface area contributed by atoms with Gasteiger partial charge in [0.2, 0.25) is 6.41 Å². The second-order valence-electron chi connectivity index (χ2n) is 16.3. The van der Waals surface area contributed by atoms with Crippen LogP contribution < -0.4 is 9.64 Å². The van der Waals surface area contributed by atoms with Crippen molar-refractivity contribution in [2.75, 3.05) is 45.5 Å². The fraction of sp³-hybridized carbons (Fsp3) is 0.440. The number of fused-ring (bicyclic) bond motifs is 2. The van der Waals surface area contributed by atoms with Gasteiger partial charge in [-0.25, -0.2) is 4.98 Å². The van der Waals surface area contributed by atoms with Crippen LogP contribution in [-0.4, -0.2) is 80.7 Å². The topological polar surface area (TPSA) is 106 Å². The van der Waals surface area contributed by atoms with Crippen LogP contribution in [0.15, 0.2) is 55.0 Å². The minimum Gasteiger partial charge on any atom is -0.494 e. The van der Waals surface area contributed by atoms with Crippen molar-refractivity contribution in [1.82, 2.24) is 33.7 Å². The molecule has 344 valence electrons. The second kappa shape index (κ2) is 22.7. The highest BCUT2D eigenvalue weighted by Gasteiger charge is 2.25. The molecule has 7 rings (SSSR count). The average molecular weight is 914 g/mol. The molecule has 0 aliphatic carbocycles. The lowest BCUT2D eigenvalue weighted by Gasteiger charge is -2.20. The van der Waals surface area contributed by atoms with E-state index in [-0.39, 0.29) is 0 Å². The molecule has 0 bridgehead atoms. The van der Waals surface area contributed by atoms with Crippen molar-refractivity contribution >= 4 is 57.1 Å². The number of carbonyl (C=O) groups excluding carboxylic acids is 1. The van der Waals surface area contributed by atoms with Crippen LogP contribution in [0.3, 0.4) is 0 Å². The van der Waals surface area contributed by atoms with E-state index in [1.807, 2.05) is 83.9 Å². The van der Waals surface area contributed by atoms with E-state index in [2.05, 4.69) is 65.1 Å². The number of halogens is 2. The third-order valence-electron chi connectivity index (χ3n) is 11.3. The first-order valence-electron chi connectivity index (χ1n) is 22.1. The average Bonchev–Trinajstić information content (AvgIpc) is 4.00. The number of hydrogen-bond acceptors (Lipinski definition) is 7. The SMILES string of the molecule is CC.COCC(C)C.COCCn1cc(N(C=O)CCn2c(C)c(CCCOc3cc(C)c(Cl)c(C)c3)c3ccc(Cl)c(-c4c(C)nn(C)c4C)c32)c2cc(-c3ncn(C)n3)ccc21. The molecule has 0 saturated heterocycles. The molecule has 0 radical (unpaired) electrons. The van der Waals surface area contributed by atoms with Gasteiger partial charge in [0.1, 0.15) is 12.1 Å². The Kier molecular flexibility index (Phi) is 17.7. The number of amides is 1. The van der Waals surface area contributed by atoms with Crippen LogP contribution in [0.4, 0.5) is 5.69 Å². The number of ether oxygens (including phenoxy) is 3. The molecule has 0 aliphatic rings. The molecule has 7 aromatic rings. The van der Waals surface area contributed by atoms with Crippen molar-refractivity contribution in [3.8, 4) is 28.3 Å². The summed E-state index contributed by atoms with van der Waals surface area (Å²) in [7, 11) is 7.22. The number of anilines is 1. The molecule has 0 N–H and O–H groups in total. The summed E-state index contributed by atoms with van der Waals surface area (Å²) in [5, 5.41) is 12.8. The predicted molar refractivity (Wildman–Crippen MR) is 263 cm³/mol. The van der Waals surface area contributed by atoms with Crippen molar-refractivity contribution in [1.29, 1.82) is 0 Å². The Hall–Kier alpha value is -5.14. The summed E-state index contributed by atoms with van der Waals surface area (Å²) in [6, 6.07) is 14.2. The number of carbonyl (C=O) groups is 1. The normalized spacial score (nSPS) is 11.2. The van der Waals surface area contributed by atoms with Crippen molar-refractivity contribution in [3.05, 3.63) is 98.8 Å². The fourth-order valence-corrected chi connectivity index (χ4v) is 8.63. The zero-order valence-electron chi connectivity index (χ0n) is 40.0. The number of aromatic nitrogens is 7. The van der Waals surface area contributed by atoms with E-state index < -0.39 is 0 Å². The lowest BCUT2D eigenvalue weighted by Crippen LogP contribution is -2.26. The molecule has 0 unspecified atom stereocenters. The van der Waals surface area contributed by atoms with Crippen molar-refractivity contribution in [2.24, 2.45) is 20.0 Å². The van der Waals surface area contributed by atoms with Crippen molar-refractivity contribution in [2.45, 2.75) is 88.2 Å². The summed E-state index contributed by atoms with van der Waals surface area (Å²) in [6.45, 7) is 22.1. The number of benzene rings is 3. The highest BCUT2D eigenvalue weighted by molar-refractivity contribution is 6.35. The number of methoxy groups -OCH3 is 2. The van der Waals surface area contributed by atoms with Gasteiger partial charge < -0.3 is 28.2 Å². The molecule has 4 heterocycles. The minimum absolute atomic E-state index is 0.415. The Morgan fingerprint density at radius 3 is 2.14 bits per heavy atom. The number of hydrogen-bond donors (Lipinski definition) is 0. The minimum atomic E-state index is 0.415. The zero-order valence-corrected chi connectivity index (χ0v) is 41.5. The zero-order chi connectivity index (χ0) is 46.8. The monoisotopic (exact) mass is 912 g/mol. The molecule has 0 aliphatic heterocycles. The molecule has 3 aromatic carbocycles. The van der Waals surface area contributed by atoms with Crippen LogP contribution in [0.1, 0.15) is 67.9 Å². The Labute approximate surface area is 389 Å². The largest absolute Gasteiger partial charge is 0.494 e. The van der Waals surface area contributed by atoms with Gasteiger partial charge >= 0.3 is 0 Å². The van der Waals surface area contributed by atoms with E-state index in [1.54, 1.807) is 30.1 Å². The molecular weight excluding hydrogens is 848 g/mol.